The van der Waals surface area contributed by atoms with E-state index in [4.69, 9.17) is 4.74 Å². The van der Waals surface area contributed by atoms with E-state index in [1.54, 1.807) is 19.1 Å². The van der Waals surface area contributed by atoms with Crippen LogP contribution in [0.15, 0.2) is 30.3 Å². The molecular formula is C18H22FNO2. The van der Waals surface area contributed by atoms with Gasteiger partial charge in [-0.25, -0.2) is 9.18 Å². The Hall–Kier alpha value is -2.10. The fourth-order valence-corrected chi connectivity index (χ4v) is 2.40. The second-order valence-corrected chi connectivity index (χ2v) is 6.50. The van der Waals surface area contributed by atoms with E-state index in [9.17, 15) is 9.18 Å². The maximum atomic E-state index is 13.4. The van der Waals surface area contributed by atoms with Crippen molar-refractivity contribution < 1.29 is 13.9 Å². The van der Waals surface area contributed by atoms with E-state index in [0.717, 1.165) is 23.1 Å². The third kappa shape index (κ3) is 3.97. The van der Waals surface area contributed by atoms with Crippen molar-refractivity contribution in [2.24, 2.45) is 5.41 Å². The van der Waals surface area contributed by atoms with Gasteiger partial charge < -0.3 is 9.30 Å². The number of aromatic nitrogens is 1. The van der Waals surface area contributed by atoms with Crippen molar-refractivity contribution in [2.75, 3.05) is 6.61 Å². The van der Waals surface area contributed by atoms with Crippen molar-refractivity contribution in [3.05, 3.63) is 41.9 Å². The van der Waals surface area contributed by atoms with Crippen molar-refractivity contribution in [1.82, 2.24) is 4.57 Å². The molecule has 2 aromatic rings. The van der Waals surface area contributed by atoms with Gasteiger partial charge in [-0.05, 0) is 42.7 Å². The van der Waals surface area contributed by atoms with Crippen LogP contribution in [0.5, 0.6) is 0 Å². The molecule has 0 unspecified atom stereocenters. The molecular weight excluding hydrogens is 281 g/mol. The van der Waals surface area contributed by atoms with Crippen molar-refractivity contribution in [2.45, 2.75) is 34.2 Å². The number of carbonyl (C=O) groups excluding carboxylic acids is 1. The van der Waals surface area contributed by atoms with Gasteiger partial charge in [-0.1, -0.05) is 20.8 Å². The Labute approximate surface area is 130 Å². The maximum Gasteiger partial charge on any atom is 0.330 e. The smallest absolute Gasteiger partial charge is 0.330 e. The van der Waals surface area contributed by atoms with Crippen molar-refractivity contribution >= 4 is 22.9 Å². The van der Waals surface area contributed by atoms with Crippen molar-refractivity contribution in [3.63, 3.8) is 0 Å². The van der Waals surface area contributed by atoms with E-state index < -0.39 is 0 Å². The predicted octanol–water partition coefficient (Wildman–Crippen LogP) is 4.40. The Bertz CT molecular complexity index is 708. The zero-order valence-electron chi connectivity index (χ0n) is 13.5. The molecule has 0 spiro atoms. The first-order valence-electron chi connectivity index (χ1n) is 7.44. The van der Waals surface area contributed by atoms with Crippen LogP contribution >= 0.6 is 0 Å². The van der Waals surface area contributed by atoms with E-state index in [-0.39, 0.29) is 17.2 Å². The molecule has 0 fully saturated rings. The van der Waals surface area contributed by atoms with Gasteiger partial charge in [-0.15, -0.1) is 0 Å². The molecule has 22 heavy (non-hydrogen) atoms. The molecule has 1 aromatic heterocycles. The molecule has 1 aromatic carbocycles. The van der Waals surface area contributed by atoms with E-state index in [1.807, 2.05) is 6.07 Å². The summed E-state index contributed by atoms with van der Waals surface area (Å²) in [5.74, 6) is -0.637. The SMILES string of the molecule is CCOC(=O)/C=C/c1cc2cc(F)ccc2n1CC(C)(C)C. The van der Waals surface area contributed by atoms with Crippen LogP contribution in [0.2, 0.25) is 0 Å². The van der Waals surface area contributed by atoms with Gasteiger partial charge >= 0.3 is 5.97 Å². The van der Waals surface area contributed by atoms with Crippen LogP contribution in [0.3, 0.4) is 0 Å². The minimum absolute atomic E-state index is 0.0624. The molecule has 0 amide bonds. The molecule has 0 N–H and O–H groups in total. The number of carbonyl (C=O) groups is 1. The monoisotopic (exact) mass is 303 g/mol. The van der Waals surface area contributed by atoms with Gasteiger partial charge in [-0.2, -0.15) is 0 Å². The Balaban J connectivity index is 2.47. The standard InChI is InChI=1S/C18H22FNO2/c1-5-22-17(21)9-7-15-11-13-10-14(19)6-8-16(13)20(15)12-18(2,3)4/h6-11H,5,12H2,1-4H3/b9-7+. The summed E-state index contributed by atoms with van der Waals surface area (Å²) in [6.45, 7) is 9.30. The van der Waals surface area contributed by atoms with E-state index >= 15 is 0 Å². The van der Waals surface area contributed by atoms with Gasteiger partial charge in [0.15, 0.2) is 0 Å². The van der Waals surface area contributed by atoms with Crippen LogP contribution in [0, 0.1) is 11.2 Å². The lowest BCUT2D eigenvalue weighted by molar-refractivity contribution is -0.137. The summed E-state index contributed by atoms with van der Waals surface area (Å²) >= 11 is 0. The predicted molar refractivity (Wildman–Crippen MR) is 87.0 cm³/mol. The number of rotatable bonds is 4. The highest BCUT2D eigenvalue weighted by Crippen LogP contribution is 2.26. The van der Waals surface area contributed by atoms with Gasteiger partial charge in [0, 0.05) is 29.2 Å². The summed E-state index contributed by atoms with van der Waals surface area (Å²) in [5.41, 5.74) is 1.88. The molecule has 0 bridgehead atoms. The number of hydrogen-bond acceptors (Lipinski definition) is 2. The Morgan fingerprint density at radius 2 is 2.05 bits per heavy atom. The van der Waals surface area contributed by atoms with Crippen molar-refractivity contribution in [3.8, 4) is 0 Å². The molecule has 0 saturated carbocycles. The van der Waals surface area contributed by atoms with E-state index in [2.05, 4.69) is 25.3 Å². The number of nitrogens with zero attached hydrogens (tertiary/aromatic N) is 1. The number of halogens is 1. The van der Waals surface area contributed by atoms with Gasteiger partial charge in [0.2, 0.25) is 0 Å². The zero-order valence-corrected chi connectivity index (χ0v) is 13.5. The highest BCUT2D eigenvalue weighted by Gasteiger charge is 2.16. The molecule has 0 saturated heterocycles. The molecule has 3 nitrogen and oxygen atoms in total. The molecule has 0 aliphatic heterocycles. The largest absolute Gasteiger partial charge is 0.463 e. The van der Waals surface area contributed by atoms with Crippen LogP contribution < -0.4 is 0 Å². The molecule has 0 aliphatic rings. The second-order valence-electron chi connectivity index (χ2n) is 6.50. The van der Waals surface area contributed by atoms with Crippen LogP contribution in [0.4, 0.5) is 4.39 Å². The second kappa shape index (κ2) is 6.34. The van der Waals surface area contributed by atoms with Crippen LogP contribution in [-0.2, 0) is 16.1 Å². The average Bonchev–Trinajstić information content (AvgIpc) is 2.72. The summed E-state index contributed by atoms with van der Waals surface area (Å²) in [6, 6.07) is 6.63. The first-order valence-corrected chi connectivity index (χ1v) is 7.44. The van der Waals surface area contributed by atoms with Crippen LogP contribution in [-0.4, -0.2) is 17.1 Å². The third-order valence-electron chi connectivity index (χ3n) is 3.20. The topological polar surface area (TPSA) is 31.2 Å². The number of fused-ring (bicyclic) bond motifs is 1. The number of esters is 1. The normalized spacial score (nSPS) is 12.2. The fourth-order valence-electron chi connectivity index (χ4n) is 2.40. The summed E-state index contributed by atoms with van der Waals surface area (Å²) in [7, 11) is 0. The molecule has 0 radical (unpaired) electrons. The minimum Gasteiger partial charge on any atom is -0.463 e. The molecule has 1 heterocycles. The van der Waals surface area contributed by atoms with Gasteiger partial charge in [0.1, 0.15) is 5.82 Å². The van der Waals surface area contributed by atoms with Crippen LogP contribution in [0.25, 0.3) is 17.0 Å². The number of ether oxygens (including phenoxy) is 1. The van der Waals surface area contributed by atoms with Gasteiger partial charge in [0.05, 0.1) is 6.61 Å². The molecule has 4 heteroatoms. The average molecular weight is 303 g/mol. The van der Waals surface area contributed by atoms with Gasteiger partial charge in [0.25, 0.3) is 0 Å². The van der Waals surface area contributed by atoms with E-state index in [0.29, 0.717) is 6.61 Å². The minimum atomic E-state index is -0.374. The number of hydrogen-bond donors (Lipinski definition) is 0. The van der Waals surface area contributed by atoms with Crippen molar-refractivity contribution in [1.29, 1.82) is 0 Å². The number of benzene rings is 1. The highest BCUT2D eigenvalue weighted by atomic mass is 19.1. The maximum absolute atomic E-state index is 13.4. The molecule has 2 rings (SSSR count). The summed E-state index contributed by atoms with van der Waals surface area (Å²) in [5, 5.41) is 0.827. The van der Waals surface area contributed by atoms with Gasteiger partial charge in [-0.3, -0.25) is 0 Å². The fraction of sp³-hybridized carbons (Fsp3) is 0.389. The lowest BCUT2D eigenvalue weighted by Crippen LogP contribution is -2.16. The highest BCUT2D eigenvalue weighted by molar-refractivity contribution is 5.89. The Morgan fingerprint density at radius 3 is 2.68 bits per heavy atom. The first kappa shape index (κ1) is 16.3. The molecule has 0 aliphatic carbocycles. The summed E-state index contributed by atoms with van der Waals surface area (Å²) in [4.78, 5) is 11.5. The Kier molecular flexibility index (Phi) is 4.69. The molecule has 0 atom stereocenters. The summed E-state index contributed by atoms with van der Waals surface area (Å²) < 4.78 is 20.4. The molecule has 118 valence electrons. The lowest BCUT2D eigenvalue weighted by atomic mass is 9.96. The zero-order chi connectivity index (χ0) is 16.3. The first-order chi connectivity index (χ1) is 10.3. The summed E-state index contributed by atoms with van der Waals surface area (Å²) in [6.07, 6.45) is 3.13. The lowest BCUT2D eigenvalue weighted by Gasteiger charge is -2.21. The van der Waals surface area contributed by atoms with Crippen LogP contribution in [0.1, 0.15) is 33.4 Å². The van der Waals surface area contributed by atoms with E-state index in [1.165, 1.54) is 18.2 Å². The Morgan fingerprint density at radius 1 is 1.32 bits per heavy atom. The third-order valence-corrected chi connectivity index (χ3v) is 3.20. The quantitative estimate of drug-likeness (QED) is 0.619.